The quantitative estimate of drug-likeness (QED) is 0.633. The molecule has 2 aliphatic rings. The van der Waals surface area contributed by atoms with E-state index in [1.165, 1.54) is 22.1 Å². The van der Waals surface area contributed by atoms with Gasteiger partial charge in [0.05, 0.1) is 0 Å². The number of nitrogens with one attached hydrogen (secondary N) is 1. The third-order valence-electron chi connectivity index (χ3n) is 6.01. The van der Waals surface area contributed by atoms with Gasteiger partial charge in [-0.25, -0.2) is 9.50 Å². The van der Waals surface area contributed by atoms with Gasteiger partial charge in [-0.15, -0.1) is 5.10 Å². The third kappa shape index (κ3) is 3.88. The molecule has 2 unspecified atom stereocenters. The van der Waals surface area contributed by atoms with Crippen LogP contribution >= 0.6 is 11.5 Å². The third-order valence-corrected chi connectivity index (χ3v) is 6.88. The van der Waals surface area contributed by atoms with Crippen molar-refractivity contribution in [3.05, 3.63) is 24.2 Å². The van der Waals surface area contributed by atoms with E-state index in [1.807, 2.05) is 6.92 Å². The number of halogens is 3. The van der Waals surface area contributed by atoms with E-state index in [0.717, 1.165) is 43.8 Å². The standard InChI is InChI=1S/C19H22F3N7OS/c1-10(19(20,21)22)30-14-4-3-7-29-16(14)25-17(26-29)24-15-12-5-6-13(15)9-28(8-12)18-23-11(2)27-31-18/h3-4,7,10,12-13,15H,5-6,8-9H2,1-2H3,(H,24,26)/t10?,12-,13+,15?. The number of alkyl halides is 3. The first-order valence-electron chi connectivity index (χ1n) is 10.2. The van der Waals surface area contributed by atoms with Crippen LogP contribution in [0.4, 0.5) is 24.3 Å². The lowest BCUT2D eigenvalue weighted by Crippen LogP contribution is -2.48. The monoisotopic (exact) mass is 453 g/mol. The molecule has 3 aromatic heterocycles. The van der Waals surface area contributed by atoms with E-state index in [4.69, 9.17) is 4.74 Å². The van der Waals surface area contributed by atoms with Crippen LogP contribution in [0.1, 0.15) is 25.6 Å². The van der Waals surface area contributed by atoms with Crippen LogP contribution < -0.4 is 15.0 Å². The summed E-state index contributed by atoms with van der Waals surface area (Å²) in [5, 5.41) is 8.81. The van der Waals surface area contributed by atoms with Crippen LogP contribution in [0.25, 0.3) is 5.65 Å². The summed E-state index contributed by atoms with van der Waals surface area (Å²) < 4.78 is 49.6. The highest BCUT2D eigenvalue weighted by Gasteiger charge is 2.43. The molecule has 166 valence electrons. The normalized spacial score (nSPS) is 24.5. The highest BCUT2D eigenvalue weighted by molar-refractivity contribution is 7.09. The maximum Gasteiger partial charge on any atom is 0.425 e. The van der Waals surface area contributed by atoms with Crippen molar-refractivity contribution >= 4 is 28.3 Å². The molecule has 0 amide bonds. The Kier molecular flexibility index (Phi) is 4.91. The van der Waals surface area contributed by atoms with Crippen molar-refractivity contribution in [2.24, 2.45) is 11.8 Å². The second-order valence-electron chi connectivity index (χ2n) is 8.17. The maximum absolute atomic E-state index is 12.9. The minimum absolute atomic E-state index is 0.0531. The number of hydrogen-bond donors (Lipinski definition) is 1. The molecule has 1 aliphatic carbocycles. The molecule has 5 rings (SSSR count). The van der Waals surface area contributed by atoms with Gasteiger partial charge in [0.15, 0.2) is 17.5 Å². The molecular formula is C19H22F3N7OS. The Balaban J connectivity index is 1.33. The summed E-state index contributed by atoms with van der Waals surface area (Å²) in [7, 11) is 0. The fourth-order valence-electron chi connectivity index (χ4n) is 4.47. The number of anilines is 2. The number of aryl methyl sites for hydroxylation is 1. The largest absolute Gasteiger partial charge is 0.477 e. The Hall–Kier alpha value is -2.63. The minimum atomic E-state index is -4.45. The summed E-state index contributed by atoms with van der Waals surface area (Å²) in [6.07, 6.45) is -2.54. The summed E-state index contributed by atoms with van der Waals surface area (Å²) in [6.45, 7) is 4.64. The molecule has 0 radical (unpaired) electrons. The van der Waals surface area contributed by atoms with Gasteiger partial charge in [-0.05, 0) is 50.7 Å². The molecule has 1 N–H and O–H groups in total. The van der Waals surface area contributed by atoms with E-state index in [1.54, 1.807) is 12.3 Å². The van der Waals surface area contributed by atoms with Crippen LogP contribution in [0.2, 0.25) is 0 Å². The average Bonchev–Trinajstić information content (AvgIpc) is 3.38. The number of ether oxygens (including phenoxy) is 1. The number of rotatable bonds is 5. The summed E-state index contributed by atoms with van der Waals surface area (Å²) in [6, 6.07) is 3.28. The lowest BCUT2D eigenvalue weighted by atomic mass is 9.92. The summed E-state index contributed by atoms with van der Waals surface area (Å²) in [5.41, 5.74) is 0.259. The summed E-state index contributed by atoms with van der Waals surface area (Å²) in [4.78, 5) is 11.2. The lowest BCUT2D eigenvalue weighted by molar-refractivity contribution is -0.189. The summed E-state index contributed by atoms with van der Waals surface area (Å²) in [5.74, 6) is 2.07. The number of pyridine rings is 1. The van der Waals surface area contributed by atoms with Gasteiger partial charge in [0, 0.05) is 36.9 Å². The van der Waals surface area contributed by atoms with Gasteiger partial charge in [-0.3, -0.25) is 0 Å². The van der Waals surface area contributed by atoms with Crippen LogP contribution in [0.15, 0.2) is 18.3 Å². The van der Waals surface area contributed by atoms with Gasteiger partial charge in [0.25, 0.3) is 0 Å². The van der Waals surface area contributed by atoms with E-state index >= 15 is 0 Å². The fraction of sp³-hybridized carbons (Fsp3) is 0.579. The van der Waals surface area contributed by atoms with Gasteiger partial charge in [0.2, 0.25) is 11.1 Å². The molecule has 2 bridgehead atoms. The van der Waals surface area contributed by atoms with Crippen molar-refractivity contribution in [2.75, 3.05) is 23.3 Å². The molecule has 12 heteroatoms. The molecule has 1 saturated heterocycles. The Morgan fingerprint density at radius 2 is 1.97 bits per heavy atom. The molecule has 1 saturated carbocycles. The number of fused-ring (bicyclic) bond motifs is 3. The van der Waals surface area contributed by atoms with Crippen molar-refractivity contribution in [2.45, 2.75) is 45.0 Å². The van der Waals surface area contributed by atoms with Crippen molar-refractivity contribution < 1.29 is 17.9 Å². The van der Waals surface area contributed by atoms with Gasteiger partial charge < -0.3 is 15.0 Å². The van der Waals surface area contributed by atoms with Gasteiger partial charge in [0.1, 0.15) is 5.82 Å². The van der Waals surface area contributed by atoms with Crippen molar-refractivity contribution in [1.29, 1.82) is 0 Å². The number of aromatic nitrogens is 5. The zero-order valence-electron chi connectivity index (χ0n) is 17.0. The van der Waals surface area contributed by atoms with Crippen LogP contribution in [-0.4, -0.2) is 55.4 Å². The SMILES string of the molecule is Cc1nsc(N2C[C@H]3CC[C@@H](C2)C3Nc2nc3c(OC(C)C(F)(F)F)cccn3n2)n1. The van der Waals surface area contributed by atoms with E-state index in [9.17, 15) is 13.2 Å². The minimum Gasteiger partial charge on any atom is -0.477 e. The highest BCUT2D eigenvalue weighted by atomic mass is 32.1. The first kappa shape index (κ1) is 20.3. The van der Waals surface area contributed by atoms with Crippen molar-refractivity contribution in [3.8, 4) is 5.75 Å². The van der Waals surface area contributed by atoms with Crippen LogP contribution in [0.3, 0.4) is 0 Å². The second-order valence-corrected chi connectivity index (χ2v) is 8.90. The van der Waals surface area contributed by atoms with E-state index in [0.29, 0.717) is 17.8 Å². The zero-order chi connectivity index (χ0) is 21.8. The first-order chi connectivity index (χ1) is 14.8. The number of hydrogen-bond acceptors (Lipinski definition) is 8. The van der Waals surface area contributed by atoms with Crippen LogP contribution in [0.5, 0.6) is 5.75 Å². The Morgan fingerprint density at radius 3 is 2.61 bits per heavy atom. The molecule has 3 aromatic rings. The average molecular weight is 453 g/mol. The zero-order valence-corrected chi connectivity index (χ0v) is 17.8. The molecule has 0 aromatic carbocycles. The van der Waals surface area contributed by atoms with E-state index in [2.05, 4.69) is 29.7 Å². The smallest absolute Gasteiger partial charge is 0.425 e. The fourth-order valence-corrected chi connectivity index (χ4v) is 5.16. The topological polar surface area (TPSA) is 80.5 Å². The molecule has 31 heavy (non-hydrogen) atoms. The second kappa shape index (κ2) is 7.50. The first-order valence-corrected chi connectivity index (χ1v) is 11.0. The molecule has 4 atom stereocenters. The van der Waals surface area contributed by atoms with Crippen LogP contribution in [-0.2, 0) is 0 Å². The molecule has 8 nitrogen and oxygen atoms in total. The number of piperidine rings is 1. The predicted octanol–water partition coefficient (Wildman–Crippen LogP) is 3.55. The van der Waals surface area contributed by atoms with Crippen molar-refractivity contribution in [3.63, 3.8) is 0 Å². The Labute approximate surface area is 180 Å². The lowest BCUT2D eigenvalue weighted by Gasteiger charge is -2.37. The van der Waals surface area contributed by atoms with E-state index in [-0.39, 0.29) is 17.4 Å². The molecule has 1 aliphatic heterocycles. The molecule has 0 spiro atoms. The Bertz CT molecular complexity index is 1070. The van der Waals surface area contributed by atoms with Crippen molar-refractivity contribution in [1.82, 2.24) is 24.0 Å². The molecule has 2 fully saturated rings. The van der Waals surface area contributed by atoms with Crippen LogP contribution in [0, 0.1) is 18.8 Å². The van der Waals surface area contributed by atoms with Gasteiger partial charge in [-0.2, -0.15) is 22.5 Å². The highest BCUT2D eigenvalue weighted by Crippen LogP contribution is 2.40. The molecule has 4 heterocycles. The Morgan fingerprint density at radius 1 is 1.23 bits per heavy atom. The van der Waals surface area contributed by atoms with E-state index < -0.39 is 12.3 Å². The van der Waals surface area contributed by atoms with Gasteiger partial charge in [-0.1, -0.05) is 0 Å². The van der Waals surface area contributed by atoms with Gasteiger partial charge >= 0.3 is 6.18 Å². The molecular weight excluding hydrogens is 431 g/mol. The predicted molar refractivity (Wildman–Crippen MR) is 110 cm³/mol. The summed E-state index contributed by atoms with van der Waals surface area (Å²) >= 11 is 1.43. The number of nitrogens with zero attached hydrogens (tertiary/aromatic N) is 6. The maximum atomic E-state index is 12.9.